The molecule has 0 saturated heterocycles. The second-order valence-electron chi connectivity index (χ2n) is 2.64. The quantitative estimate of drug-likeness (QED) is 0.512. The Labute approximate surface area is 101 Å². The normalized spacial score (nSPS) is 10.5. The maximum Gasteiger partial charge on any atom is 0.373 e. The molecule has 9 heteroatoms. The van der Waals surface area contributed by atoms with Crippen LogP contribution in [0.4, 0.5) is 14.6 Å². The fourth-order valence-corrected chi connectivity index (χ4v) is 1.79. The zero-order chi connectivity index (χ0) is 12.5. The molecule has 0 aliphatic rings. The summed E-state index contributed by atoms with van der Waals surface area (Å²) in [6.45, 7) is 0. The molecule has 0 aromatic carbocycles. The first-order valence-corrected chi connectivity index (χ1v) is 4.84. The van der Waals surface area contributed by atoms with E-state index >= 15 is 0 Å². The Bertz CT molecular complexity index is 466. The summed E-state index contributed by atoms with van der Waals surface area (Å²) in [6, 6.07) is 0. The van der Waals surface area contributed by atoms with Crippen LogP contribution in [0.25, 0.3) is 0 Å². The molecule has 2 N–H and O–H groups in total. The van der Waals surface area contributed by atoms with Crippen LogP contribution >= 0.6 is 22.6 Å². The van der Waals surface area contributed by atoms with Crippen molar-refractivity contribution in [3.05, 3.63) is 31.0 Å². The number of nitro groups is 1. The number of rotatable bonds is 3. The molecular weight excluding hydrogens is 339 g/mol. The number of primary amides is 1. The summed E-state index contributed by atoms with van der Waals surface area (Å²) < 4.78 is 25.3. The van der Waals surface area contributed by atoms with Crippen molar-refractivity contribution in [2.45, 2.75) is 6.43 Å². The van der Waals surface area contributed by atoms with Crippen molar-refractivity contribution in [1.29, 1.82) is 0 Å². The molecule has 0 aliphatic carbocycles. The van der Waals surface area contributed by atoms with E-state index in [2.05, 4.69) is 4.98 Å². The Morgan fingerprint density at radius 1 is 1.62 bits per heavy atom. The summed E-state index contributed by atoms with van der Waals surface area (Å²) in [6.07, 6.45) is -2.24. The van der Waals surface area contributed by atoms with Crippen LogP contribution in [0.5, 0.6) is 0 Å². The van der Waals surface area contributed by atoms with Gasteiger partial charge in [0.2, 0.25) is 0 Å². The van der Waals surface area contributed by atoms with Crippen LogP contribution in [0.15, 0.2) is 6.20 Å². The lowest BCUT2D eigenvalue weighted by Gasteiger charge is -2.06. The molecule has 86 valence electrons. The van der Waals surface area contributed by atoms with E-state index in [1.54, 1.807) is 22.6 Å². The van der Waals surface area contributed by atoms with Crippen molar-refractivity contribution < 1.29 is 18.5 Å². The number of pyridine rings is 1. The number of carbonyl (C=O) groups is 1. The Hall–Kier alpha value is -1.39. The number of hydrogen-bond donors (Lipinski definition) is 1. The van der Waals surface area contributed by atoms with E-state index in [0.29, 0.717) is 0 Å². The molecule has 0 fully saturated rings. The second kappa shape index (κ2) is 4.63. The average Bonchev–Trinajstić information content (AvgIpc) is 2.15. The summed E-state index contributed by atoms with van der Waals surface area (Å²) in [5.41, 5.74) is 3.30. The van der Waals surface area contributed by atoms with Crippen LogP contribution in [-0.4, -0.2) is 15.8 Å². The van der Waals surface area contributed by atoms with Gasteiger partial charge in [0, 0.05) is 0 Å². The minimum absolute atomic E-state index is 0.0472. The van der Waals surface area contributed by atoms with Crippen molar-refractivity contribution in [1.82, 2.24) is 4.98 Å². The van der Waals surface area contributed by atoms with E-state index in [4.69, 9.17) is 5.73 Å². The van der Waals surface area contributed by atoms with E-state index < -0.39 is 34.2 Å². The van der Waals surface area contributed by atoms with E-state index in [1.165, 1.54) is 0 Å². The summed E-state index contributed by atoms with van der Waals surface area (Å²) in [5, 5.41) is 10.5. The number of hydrogen-bond acceptors (Lipinski definition) is 4. The highest BCUT2D eigenvalue weighted by Gasteiger charge is 2.31. The molecule has 1 aromatic rings. The van der Waals surface area contributed by atoms with Gasteiger partial charge in [-0.15, -0.1) is 0 Å². The molecule has 1 aromatic heterocycles. The van der Waals surface area contributed by atoms with E-state index in [-0.39, 0.29) is 3.57 Å². The standard InChI is InChI=1S/C7H4F2IN3O3/c8-5(9)4-3(6(11)14)2(10)1-12-7(4)13(15)16/h1,5H,(H2,11,14). The molecule has 0 aliphatic heterocycles. The molecular formula is C7H4F2IN3O3. The highest BCUT2D eigenvalue weighted by atomic mass is 127. The van der Waals surface area contributed by atoms with E-state index in [9.17, 15) is 23.7 Å². The van der Waals surface area contributed by atoms with Crippen LogP contribution in [0.2, 0.25) is 0 Å². The first-order chi connectivity index (χ1) is 7.36. The molecule has 1 amide bonds. The van der Waals surface area contributed by atoms with Crippen molar-refractivity contribution in [3.63, 3.8) is 0 Å². The maximum atomic E-state index is 12.6. The first kappa shape index (κ1) is 12.7. The Morgan fingerprint density at radius 3 is 2.56 bits per heavy atom. The second-order valence-corrected chi connectivity index (χ2v) is 3.80. The van der Waals surface area contributed by atoms with Crippen molar-refractivity contribution in [2.24, 2.45) is 5.73 Å². The molecule has 0 radical (unpaired) electrons. The Kier molecular flexibility index (Phi) is 3.67. The smallest absolute Gasteiger partial charge is 0.366 e. The van der Waals surface area contributed by atoms with Crippen molar-refractivity contribution in [3.8, 4) is 0 Å². The van der Waals surface area contributed by atoms with Gasteiger partial charge in [0.25, 0.3) is 12.3 Å². The lowest BCUT2D eigenvalue weighted by molar-refractivity contribution is -0.391. The highest BCUT2D eigenvalue weighted by Crippen LogP contribution is 2.32. The lowest BCUT2D eigenvalue weighted by atomic mass is 10.1. The van der Waals surface area contributed by atoms with Gasteiger partial charge in [0.05, 0.1) is 9.13 Å². The number of nitrogens with zero attached hydrogens (tertiary/aromatic N) is 2. The molecule has 1 heterocycles. The van der Waals surface area contributed by atoms with Crippen LogP contribution in [0, 0.1) is 13.7 Å². The largest absolute Gasteiger partial charge is 0.373 e. The van der Waals surface area contributed by atoms with Gasteiger partial charge in [0.1, 0.15) is 5.56 Å². The van der Waals surface area contributed by atoms with Crippen LogP contribution < -0.4 is 5.73 Å². The topological polar surface area (TPSA) is 99.1 Å². The Balaban J connectivity index is 3.63. The van der Waals surface area contributed by atoms with Gasteiger partial charge < -0.3 is 15.8 Å². The molecule has 0 bridgehead atoms. The molecule has 0 atom stereocenters. The molecule has 0 unspecified atom stereocenters. The molecule has 0 saturated carbocycles. The lowest BCUT2D eigenvalue weighted by Crippen LogP contribution is -2.18. The molecule has 0 spiro atoms. The average molecular weight is 343 g/mol. The zero-order valence-electron chi connectivity index (χ0n) is 7.49. The van der Waals surface area contributed by atoms with Gasteiger partial charge in [-0.3, -0.25) is 4.79 Å². The Morgan fingerprint density at radius 2 is 2.19 bits per heavy atom. The van der Waals surface area contributed by atoms with Gasteiger partial charge in [0.15, 0.2) is 6.20 Å². The predicted molar refractivity (Wildman–Crippen MR) is 57.1 cm³/mol. The van der Waals surface area contributed by atoms with Gasteiger partial charge in [-0.2, -0.15) is 0 Å². The monoisotopic (exact) mass is 343 g/mol. The summed E-state index contributed by atoms with van der Waals surface area (Å²) in [7, 11) is 0. The number of amides is 1. The summed E-state index contributed by atoms with van der Waals surface area (Å²) in [5.74, 6) is -2.20. The fourth-order valence-electron chi connectivity index (χ4n) is 1.09. The van der Waals surface area contributed by atoms with Gasteiger partial charge in [-0.1, -0.05) is 0 Å². The molecule has 6 nitrogen and oxygen atoms in total. The van der Waals surface area contributed by atoms with E-state index in [0.717, 1.165) is 6.20 Å². The third-order valence-electron chi connectivity index (χ3n) is 1.69. The number of carbonyl (C=O) groups excluding carboxylic acids is 1. The molecule has 1 rings (SSSR count). The number of aromatic nitrogens is 1. The summed E-state index contributed by atoms with van der Waals surface area (Å²) in [4.78, 5) is 23.6. The van der Waals surface area contributed by atoms with Gasteiger partial charge in [-0.05, 0) is 32.5 Å². The predicted octanol–water partition coefficient (Wildman–Crippen LogP) is 1.63. The first-order valence-electron chi connectivity index (χ1n) is 3.77. The van der Waals surface area contributed by atoms with Crippen molar-refractivity contribution >= 4 is 34.3 Å². The highest BCUT2D eigenvalue weighted by molar-refractivity contribution is 14.1. The van der Waals surface area contributed by atoms with Crippen molar-refractivity contribution in [2.75, 3.05) is 0 Å². The van der Waals surface area contributed by atoms with Crippen LogP contribution in [0.3, 0.4) is 0 Å². The fraction of sp³-hybridized carbons (Fsp3) is 0.143. The van der Waals surface area contributed by atoms with Gasteiger partial charge >= 0.3 is 5.82 Å². The summed E-state index contributed by atoms with van der Waals surface area (Å²) >= 11 is 1.56. The van der Waals surface area contributed by atoms with E-state index in [1.807, 2.05) is 0 Å². The SMILES string of the molecule is NC(=O)c1c(I)cnc([N+](=O)[O-])c1C(F)F. The number of halogens is 3. The van der Waals surface area contributed by atoms with Crippen LogP contribution in [0.1, 0.15) is 22.3 Å². The third kappa shape index (κ3) is 2.23. The minimum Gasteiger partial charge on any atom is -0.366 e. The number of alkyl halides is 2. The van der Waals surface area contributed by atoms with Crippen LogP contribution in [-0.2, 0) is 0 Å². The minimum atomic E-state index is -3.19. The number of nitrogens with two attached hydrogens (primary N) is 1. The zero-order valence-corrected chi connectivity index (χ0v) is 9.64. The molecule has 16 heavy (non-hydrogen) atoms. The third-order valence-corrected chi connectivity index (χ3v) is 2.50. The maximum absolute atomic E-state index is 12.6. The van der Waals surface area contributed by atoms with Gasteiger partial charge in [-0.25, -0.2) is 8.78 Å².